The van der Waals surface area contributed by atoms with Crippen molar-refractivity contribution in [1.29, 1.82) is 0 Å². The smallest absolute Gasteiger partial charge is 0.272 e. The fourth-order valence-electron chi connectivity index (χ4n) is 1.74. The van der Waals surface area contributed by atoms with Gasteiger partial charge in [0.2, 0.25) is 5.88 Å². The first-order valence-corrected chi connectivity index (χ1v) is 6.43. The van der Waals surface area contributed by atoms with E-state index in [0.29, 0.717) is 24.7 Å². The van der Waals surface area contributed by atoms with E-state index in [-0.39, 0.29) is 5.91 Å². The number of ether oxygens (including phenoxy) is 1. The molecule has 2 aromatic rings. The number of carbonyl (C=O) groups excluding carboxylic acids is 1. The van der Waals surface area contributed by atoms with Gasteiger partial charge < -0.3 is 10.1 Å². The van der Waals surface area contributed by atoms with Crippen molar-refractivity contribution in [1.82, 2.24) is 15.1 Å². The number of hydrogen-bond donors (Lipinski definition) is 1. The Bertz CT molecular complexity index is 590. The summed E-state index contributed by atoms with van der Waals surface area (Å²) in [4.78, 5) is 11.9. The van der Waals surface area contributed by atoms with E-state index in [2.05, 4.69) is 17.0 Å². The Labute approximate surface area is 117 Å². The average Bonchev–Trinajstić information content (AvgIpc) is 2.90. The number of amides is 1. The van der Waals surface area contributed by atoms with Crippen LogP contribution in [0.5, 0.6) is 5.88 Å². The normalized spacial score (nSPS) is 10.1. The molecule has 0 spiro atoms. The number of para-hydroxylation sites is 1. The van der Waals surface area contributed by atoms with E-state index in [0.717, 1.165) is 5.69 Å². The predicted molar refractivity (Wildman–Crippen MR) is 77.3 cm³/mol. The van der Waals surface area contributed by atoms with E-state index in [9.17, 15) is 4.79 Å². The maximum absolute atomic E-state index is 11.9. The van der Waals surface area contributed by atoms with Gasteiger partial charge in [0.05, 0.1) is 12.3 Å². The zero-order chi connectivity index (χ0) is 14.4. The summed E-state index contributed by atoms with van der Waals surface area (Å²) in [6.45, 7) is 6.36. The molecule has 0 aliphatic rings. The third-order valence-electron chi connectivity index (χ3n) is 2.61. The molecule has 0 saturated carbocycles. The number of benzene rings is 1. The second-order valence-corrected chi connectivity index (χ2v) is 4.05. The van der Waals surface area contributed by atoms with Gasteiger partial charge in [0, 0.05) is 12.6 Å². The first-order chi connectivity index (χ1) is 9.76. The Morgan fingerprint density at radius 1 is 1.45 bits per heavy atom. The van der Waals surface area contributed by atoms with E-state index in [1.165, 1.54) is 0 Å². The van der Waals surface area contributed by atoms with E-state index in [1.807, 2.05) is 37.3 Å². The van der Waals surface area contributed by atoms with Gasteiger partial charge in [-0.15, -0.1) is 6.58 Å². The Kier molecular flexibility index (Phi) is 4.55. The standard InChI is InChI=1S/C15H17N3O2/c1-3-10-16-15(19)13-11-14(20-4-2)18(17-13)12-8-6-5-7-9-12/h3,5-9,11H,1,4,10H2,2H3,(H,16,19). The van der Waals surface area contributed by atoms with Crippen LogP contribution in [0.1, 0.15) is 17.4 Å². The maximum Gasteiger partial charge on any atom is 0.272 e. The summed E-state index contributed by atoms with van der Waals surface area (Å²) in [5.74, 6) is 0.294. The van der Waals surface area contributed by atoms with Gasteiger partial charge in [-0.25, -0.2) is 4.68 Å². The molecule has 0 aliphatic heterocycles. The molecule has 0 radical (unpaired) electrons. The molecule has 2 rings (SSSR count). The zero-order valence-corrected chi connectivity index (χ0v) is 11.4. The summed E-state index contributed by atoms with van der Waals surface area (Å²) in [7, 11) is 0. The first kappa shape index (κ1) is 13.9. The van der Waals surface area contributed by atoms with Crippen LogP contribution in [0.25, 0.3) is 5.69 Å². The minimum Gasteiger partial charge on any atom is -0.478 e. The highest BCUT2D eigenvalue weighted by molar-refractivity contribution is 5.92. The number of hydrogen-bond acceptors (Lipinski definition) is 3. The zero-order valence-electron chi connectivity index (χ0n) is 11.4. The number of nitrogens with one attached hydrogen (secondary N) is 1. The molecule has 0 saturated heterocycles. The van der Waals surface area contributed by atoms with Crippen LogP contribution in [0.2, 0.25) is 0 Å². The minimum atomic E-state index is -0.250. The molecule has 0 atom stereocenters. The lowest BCUT2D eigenvalue weighted by Gasteiger charge is -2.06. The number of rotatable bonds is 6. The van der Waals surface area contributed by atoms with Crippen LogP contribution in [0.4, 0.5) is 0 Å². The summed E-state index contributed by atoms with van der Waals surface area (Å²) in [6, 6.07) is 11.2. The summed E-state index contributed by atoms with van der Waals surface area (Å²) >= 11 is 0. The van der Waals surface area contributed by atoms with Crippen LogP contribution in [-0.2, 0) is 0 Å². The minimum absolute atomic E-state index is 0.250. The van der Waals surface area contributed by atoms with Crippen LogP contribution in [0.15, 0.2) is 49.1 Å². The molecule has 1 N–H and O–H groups in total. The van der Waals surface area contributed by atoms with Crippen molar-refractivity contribution in [2.24, 2.45) is 0 Å². The van der Waals surface area contributed by atoms with Crippen molar-refractivity contribution < 1.29 is 9.53 Å². The van der Waals surface area contributed by atoms with Crippen LogP contribution < -0.4 is 10.1 Å². The molecular formula is C15H17N3O2. The Morgan fingerprint density at radius 2 is 2.20 bits per heavy atom. The Morgan fingerprint density at radius 3 is 2.85 bits per heavy atom. The number of aromatic nitrogens is 2. The molecular weight excluding hydrogens is 254 g/mol. The molecule has 1 aromatic heterocycles. The maximum atomic E-state index is 11.9. The molecule has 1 amide bonds. The highest BCUT2D eigenvalue weighted by Gasteiger charge is 2.15. The molecule has 104 valence electrons. The van der Waals surface area contributed by atoms with Crippen molar-refractivity contribution >= 4 is 5.91 Å². The highest BCUT2D eigenvalue weighted by Crippen LogP contribution is 2.19. The van der Waals surface area contributed by atoms with Crippen molar-refractivity contribution in [2.45, 2.75) is 6.92 Å². The SMILES string of the molecule is C=CCNC(=O)c1cc(OCC)n(-c2ccccc2)n1. The molecule has 5 nitrogen and oxygen atoms in total. The molecule has 0 aliphatic carbocycles. The van der Waals surface area contributed by atoms with Gasteiger partial charge in [-0.1, -0.05) is 24.3 Å². The topological polar surface area (TPSA) is 56.1 Å². The summed E-state index contributed by atoms with van der Waals surface area (Å²) in [6.07, 6.45) is 1.62. The van der Waals surface area contributed by atoms with Crippen LogP contribution in [-0.4, -0.2) is 28.8 Å². The largest absolute Gasteiger partial charge is 0.478 e. The van der Waals surface area contributed by atoms with Gasteiger partial charge in [-0.2, -0.15) is 5.10 Å². The fourth-order valence-corrected chi connectivity index (χ4v) is 1.74. The van der Waals surface area contributed by atoms with E-state index in [1.54, 1.807) is 16.8 Å². The summed E-state index contributed by atoms with van der Waals surface area (Å²) in [5.41, 5.74) is 1.16. The molecule has 0 fully saturated rings. The lowest BCUT2D eigenvalue weighted by Crippen LogP contribution is -2.23. The Balaban J connectivity index is 2.33. The fraction of sp³-hybridized carbons (Fsp3) is 0.200. The molecule has 1 aromatic carbocycles. The lowest BCUT2D eigenvalue weighted by atomic mass is 10.3. The van der Waals surface area contributed by atoms with Crippen molar-refractivity contribution in [2.75, 3.05) is 13.2 Å². The van der Waals surface area contributed by atoms with Gasteiger partial charge in [0.1, 0.15) is 0 Å². The molecule has 0 bridgehead atoms. The van der Waals surface area contributed by atoms with Gasteiger partial charge in [0.25, 0.3) is 5.91 Å². The van der Waals surface area contributed by atoms with Gasteiger partial charge in [-0.3, -0.25) is 4.79 Å². The molecule has 1 heterocycles. The second kappa shape index (κ2) is 6.56. The van der Waals surface area contributed by atoms with Crippen LogP contribution in [0, 0.1) is 0 Å². The summed E-state index contributed by atoms with van der Waals surface area (Å²) < 4.78 is 7.14. The van der Waals surface area contributed by atoms with Crippen molar-refractivity contribution in [3.63, 3.8) is 0 Å². The van der Waals surface area contributed by atoms with Crippen molar-refractivity contribution in [3.8, 4) is 11.6 Å². The lowest BCUT2D eigenvalue weighted by molar-refractivity contribution is 0.0952. The van der Waals surface area contributed by atoms with E-state index < -0.39 is 0 Å². The van der Waals surface area contributed by atoms with Gasteiger partial charge >= 0.3 is 0 Å². The quantitative estimate of drug-likeness (QED) is 0.819. The van der Waals surface area contributed by atoms with Gasteiger partial charge in [0.15, 0.2) is 5.69 Å². The average molecular weight is 271 g/mol. The summed E-state index contributed by atoms with van der Waals surface area (Å²) in [5, 5.41) is 6.99. The van der Waals surface area contributed by atoms with Crippen LogP contribution >= 0.6 is 0 Å². The third-order valence-corrected chi connectivity index (χ3v) is 2.61. The molecule has 20 heavy (non-hydrogen) atoms. The van der Waals surface area contributed by atoms with E-state index in [4.69, 9.17) is 4.74 Å². The number of carbonyl (C=O) groups is 1. The predicted octanol–water partition coefficient (Wildman–Crippen LogP) is 2.19. The monoisotopic (exact) mass is 271 g/mol. The molecule has 5 heteroatoms. The Hall–Kier alpha value is -2.56. The third kappa shape index (κ3) is 3.06. The van der Waals surface area contributed by atoms with Crippen LogP contribution in [0.3, 0.4) is 0 Å². The molecule has 0 unspecified atom stereocenters. The van der Waals surface area contributed by atoms with Crippen molar-refractivity contribution in [3.05, 3.63) is 54.7 Å². The first-order valence-electron chi connectivity index (χ1n) is 6.43. The van der Waals surface area contributed by atoms with E-state index >= 15 is 0 Å². The highest BCUT2D eigenvalue weighted by atomic mass is 16.5. The second-order valence-electron chi connectivity index (χ2n) is 4.05. The number of nitrogens with zero attached hydrogens (tertiary/aromatic N) is 2. The van der Waals surface area contributed by atoms with Gasteiger partial charge in [-0.05, 0) is 19.1 Å².